The van der Waals surface area contributed by atoms with Crippen molar-refractivity contribution >= 4 is 24.2 Å². The molecule has 1 aliphatic rings. The summed E-state index contributed by atoms with van der Waals surface area (Å²) in [6.45, 7) is 7.78. The van der Waals surface area contributed by atoms with E-state index in [0.29, 0.717) is 32.0 Å². The minimum absolute atomic E-state index is 0. The van der Waals surface area contributed by atoms with Crippen LogP contribution in [-0.2, 0) is 9.59 Å². The van der Waals surface area contributed by atoms with Crippen LogP contribution in [0.1, 0.15) is 50.3 Å². The minimum atomic E-state index is -0.252. The molecule has 3 N–H and O–H groups in total. The Morgan fingerprint density at radius 1 is 1.29 bits per heavy atom. The van der Waals surface area contributed by atoms with E-state index in [4.69, 9.17) is 5.73 Å². The zero-order chi connectivity index (χ0) is 17.0. The van der Waals surface area contributed by atoms with E-state index >= 15 is 0 Å². The molecule has 0 aromatic heterocycles. The van der Waals surface area contributed by atoms with Gasteiger partial charge in [0.05, 0.1) is 5.92 Å². The second-order valence-electron chi connectivity index (χ2n) is 6.51. The first-order valence-corrected chi connectivity index (χ1v) is 8.33. The topological polar surface area (TPSA) is 75.4 Å². The summed E-state index contributed by atoms with van der Waals surface area (Å²) in [5.74, 6) is 0.212. The third-order valence-corrected chi connectivity index (χ3v) is 4.49. The first-order chi connectivity index (χ1) is 10.9. The van der Waals surface area contributed by atoms with E-state index in [1.807, 2.05) is 19.1 Å². The van der Waals surface area contributed by atoms with Crippen LogP contribution >= 0.6 is 12.4 Å². The highest BCUT2D eigenvalue weighted by Gasteiger charge is 2.33. The second kappa shape index (κ2) is 9.04. The lowest BCUT2D eigenvalue weighted by Crippen LogP contribution is -2.37. The highest BCUT2D eigenvalue weighted by Crippen LogP contribution is 2.19. The molecule has 1 heterocycles. The highest BCUT2D eigenvalue weighted by molar-refractivity contribution is 5.89. The average molecular weight is 354 g/mol. The molecule has 2 unspecified atom stereocenters. The summed E-state index contributed by atoms with van der Waals surface area (Å²) in [6, 6.07) is 7.96. The van der Waals surface area contributed by atoms with E-state index < -0.39 is 0 Å². The number of rotatable bonds is 6. The van der Waals surface area contributed by atoms with E-state index in [2.05, 4.69) is 31.3 Å². The quantitative estimate of drug-likeness (QED) is 0.823. The van der Waals surface area contributed by atoms with Crippen molar-refractivity contribution in [3.8, 4) is 0 Å². The van der Waals surface area contributed by atoms with Gasteiger partial charge < -0.3 is 16.0 Å². The number of nitrogens with two attached hydrogens (primary N) is 1. The summed E-state index contributed by atoms with van der Waals surface area (Å²) in [5.41, 5.74) is 8.44. The zero-order valence-electron chi connectivity index (χ0n) is 14.6. The van der Waals surface area contributed by atoms with Crippen LogP contribution in [0, 0.1) is 5.92 Å². The van der Waals surface area contributed by atoms with Gasteiger partial charge in [0.1, 0.15) is 0 Å². The maximum atomic E-state index is 12.2. The van der Waals surface area contributed by atoms with Crippen molar-refractivity contribution in [3.05, 3.63) is 35.4 Å². The Bertz CT molecular complexity index is 560. The number of likely N-dealkylation sites (tertiary alicyclic amines) is 1. The average Bonchev–Trinajstić information content (AvgIpc) is 2.93. The van der Waals surface area contributed by atoms with Crippen LogP contribution in [-0.4, -0.2) is 36.3 Å². The minimum Gasteiger partial charge on any atom is -0.354 e. The number of nitrogens with one attached hydrogen (secondary N) is 1. The predicted molar refractivity (Wildman–Crippen MR) is 98.1 cm³/mol. The number of benzene rings is 1. The Morgan fingerprint density at radius 2 is 1.88 bits per heavy atom. The van der Waals surface area contributed by atoms with Gasteiger partial charge in [-0.3, -0.25) is 9.59 Å². The second-order valence-corrected chi connectivity index (χ2v) is 6.51. The van der Waals surface area contributed by atoms with E-state index in [-0.39, 0.29) is 36.2 Å². The molecule has 0 aliphatic carbocycles. The van der Waals surface area contributed by atoms with E-state index in [1.165, 1.54) is 5.56 Å². The fourth-order valence-corrected chi connectivity index (χ4v) is 2.85. The van der Waals surface area contributed by atoms with Gasteiger partial charge >= 0.3 is 0 Å². The van der Waals surface area contributed by atoms with Crippen LogP contribution in [0.25, 0.3) is 0 Å². The molecule has 1 aromatic rings. The first kappa shape index (κ1) is 20.5. The smallest absolute Gasteiger partial charge is 0.225 e. The molecule has 5 nitrogen and oxygen atoms in total. The van der Waals surface area contributed by atoms with Gasteiger partial charge in [0, 0.05) is 32.1 Å². The Balaban J connectivity index is 0.00000288. The Kier molecular flexibility index (Phi) is 7.70. The molecule has 0 spiro atoms. The fourth-order valence-electron chi connectivity index (χ4n) is 2.85. The van der Waals surface area contributed by atoms with Crippen molar-refractivity contribution < 1.29 is 9.59 Å². The molecule has 0 saturated carbocycles. The molecular weight excluding hydrogens is 326 g/mol. The van der Waals surface area contributed by atoms with Crippen LogP contribution in [0.15, 0.2) is 24.3 Å². The monoisotopic (exact) mass is 353 g/mol. The normalized spacial score (nSPS) is 18.5. The molecular formula is C18H28ClN3O2. The van der Waals surface area contributed by atoms with E-state index in [9.17, 15) is 9.59 Å². The first-order valence-electron chi connectivity index (χ1n) is 8.33. The summed E-state index contributed by atoms with van der Waals surface area (Å²) < 4.78 is 0. The third kappa shape index (κ3) is 4.95. The molecule has 0 radical (unpaired) electrons. The van der Waals surface area contributed by atoms with Crippen LogP contribution in [0.5, 0.6) is 0 Å². The van der Waals surface area contributed by atoms with Gasteiger partial charge in [-0.2, -0.15) is 0 Å². The fraction of sp³-hybridized carbons (Fsp3) is 0.556. The molecule has 0 bridgehead atoms. The van der Waals surface area contributed by atoms with Crippen LogP contribution < -0.4 is 11.1 Å². The Hall–Kier alpha value is -1.59. The molecule has 1 fully saturated rings. The maximum absolute atomic E-state index is 12.2. The van der Waals surface area contributed by atoms with Gasteiger partial charge in [-0.05, 0) is 24.0 Å². The van der Waals surface area contributed by atoms with Gasteiger partial charge in [0.15, 0.2) is 0 Å². The molecule has 2 rings (SSSR count). The standard InChI is InChI=1S/C18H27N3O2.ClH/c1-4-21-11-15(9-17(21)22)18(23)20-10-16(19)14-7-5-13(6-8-14)12(2)3;/h5-8,12,15-16H,4,9-11,19H2,1-3H3,(H,20,23);1H. The summed E-state index contributed by atoms with van der Waals surface area (Å²) in [5, 5.41) is 2.88. The lowest BCUT2D eigenvalue weighted by Gasteiger charge is -2.17. The SMILES string of the molecule is CCN1CC(C(=O)NCC(N)c2ccc(C(C)C)cc2)CC1=O.Cl. The van der Waals surface area contributed by atoms with Gasteiger partial charge in [0.25, 0.3) is 0 Å². The molecule has 2 amide bonds. The summed E-state index contributed by atoms with van der Waals surface area (Å²) in [6.07, 6.45) is 0.304. The van der Waals surface area contributed by atoms with Crippen molar-refractivity contribution in [2.45, 2.75) is 39.2 Å². The largest absolute Gasteiger partial charge is 0.354 e. The summed E-state index contributed by atoms with van der Waals surface area (Å²) in [4.78, 5) is 25.6. The molecule has 1 aromatic carbocycles. The molecule has 6 heteroatoms. The number of amides is 2. The number of carbonyl (C=O) groups excluding carboxylic acids is 2. The molecule has 1 aliphatic heterocycles. The molecule has 2 atom stereocenters. The zero-order valence-corrected chi connectivity index (χ0v) is 15.4. The van der Waals surface area contributed by atoms with Crippen molar-refractivity contribution in [2.75, 3.05) is 19.6 Å². The van der Waals surface area contributed by atoms with Crippen molar-refractivity contribution in [3.63, 3.8) is 0 Å². The maximum Gasteiger partial charge on any atom is 0.225 e. The number of carbonyl (C=O) groups is 2. The Labute approximate surface area is 150 Å². The van der Waals surface area contributed by atoms with E-state index in [1.54, 1.807) is 4.90 Å². The molecule has 1 saturated heterocycles. The number of halogens is 1. The van der Waals surface area contributed by atoms with Crippen molar-refractivity contribution in [2.24, 2.45) is 11.7 Å². The summed E-state index contributed by atoms with van der Waals surface area (Å²) >= 11 is 0. The lowest BCUT2D eigenvalue weighted by atomic mass is 9.99. The van der Waals surface area contributed by atoms with Crippen LogP contribution in [0.3, 0.4) is 0 Å². The third-order valence-electron chi connectivity index (χ3n) is 4.49. The highest BCUT2D eigenvalue weighted by atomic mass is 35.5. The number of nitrogens with zero attached hydrogens (tertiary/aromatic N) is 1. The number of hydrogen-bond acceptors (Lipinski definition) is 3. The van der Waals surface area contributed by atoms with E-state index in [0.717, 1.165) is 5.56 Å². The van der Waals surface area contributed by atoms with Gasteiger partial charge in [-0.1, -0.05) is 38.1 Å². The van der Waals surface area contributed by atoms with Crippen molar-refractivity contribution in [1.29, 1.82) is 0 Å². The lowest BCUT2D eigenvalue weighted by molar-refractivity contribution is -0.128. The van der Waals surface area contributed by atoms with Crippen molar-refractivity contribution in [1.82, 2.24) is 10.2 Å². The molecule has 24 heavy (non-hydrogen) atoms. The molecule has 134 valence electrons. The van der Waals surface area contributed by atoms with Crippen LogP contribution in [0.2, 0.25) is 0 Å². The van der Waals surface area contributed by atoms with Crippen LogP contribution in [0.4, 0.5) is 0 Å². The number of hydrogen-bond donors (Lipinski definition) is 2. The summed E-state index contributed by atoms with van der Waals surface area (Å²) in [7, 11) is 0. The predicted octanol–water partition coefficient (Wildman–Crippen LogP) is 2.22. The van der Waals surface area contributed by atoms with Gasteiger partial charge in [0.2, 0.25) is 11.8 Å². The van der Waals surface area contributed by atoms with Gasteiger partial charge in [-0.15, -0.1) is 12.4 Å². The van der Waals surface area contributed by atoms with Gasteiger partial charge in [-0.25, -0.2) is 0 Å². The Morgan fingerprint density at radius 3 is 2.38 bits per heavy atom.